The molecule has 0 aromatic heterocycles. The van der Waals surface area contributed by atoms with Gasteiger partial charge in [0.2, 0.25) is 0 Å². The van der Waals surface area contributed by atoms with Crippen molar-refractivity contribution in [2.45, 2.75) is 18.9 Å². The highest BCUT2D eigenvalue weighted by Gasteiger charge is 2.39. The Bertz CT molecular complexity index is 560. The second-order valence-electron chi connectivity index (χ2n) is 4.48. The van der Waals surface area contributed by atoms with Crippen LogP contribution in [0.25, 0.3) is 10.4 Å². The first-order chi connectivity index (χ1) is 9.97. The Labute approximate surface area is 121 Å². The van der Waals surface area contributed by atoms with Crippen molar-refractivity contribution in [1.29, 1.82) is 0 Å². The maximum absolute atomic E-state index is 14.1. The molecule has 0 bridgehead atoms. The van der Waals surface area contributed by atoms with Crippen LogP contribution in [0.5, 0.6) is 5.75 Å². The van der Waals surface area contributed by atoms with Crippen molar-refractivity contribution >= 4 is 5.97 Å². The predicted molar refractivity (Wildman–Crippen MR) is 74.6 cm³/mol. The van der Waals surface area contributed by atoms with Crippen molar-refractivity contribution in [3.8, 4) is 5.75 Å². The van der Waals surface area contributed by atoms with Crippen molar-refractivity contribution in [3.63, 3.8) is 0 Å². The Kier molecular flexibility index (Phi) is 5.95. The van der Waals surface area contributed by atoms with Gasteiger partial charge in [-0.1, -0.05) is 11.2 Å². The van der Waals surface area contributed by atoms with E-state index in [1.54, 1.807) is 0 Å². The molecule has 8 heteroatoms. The van der Waals surface area contributed by atoms with Gasteiger partial charge < -0.3 is 9.84 Å². The van der Waals surface area contributed by atoms with Gasteiger partial charge in [0.05, 0.1) is 12.7 Å². The highest BCUT2D eigenvalue weighted by atomic mass is 19.1. The highest BCUT2D eigenvalue weighted by Crippen LogP contribution is 2.32. The summed E-state index contributed by atoms with van der Waals surface area (Å²) in [5.74, 6) is -1.74. The lowest BCUT2D eigenvalue weighted by atomic mass is 9.90. The van der Waals surface area contributed by atoms with Crippen LogP contribution >= 0.6 is 0 Å². The fourth-order valence-corrected chi connectivity index (χ4v) is 1.96. The molecule has 1 aromatic rings. The average molecular weight is 296 g/mol. The molecular weight excluding hydrogens is 279 g/mol. The molecule has 0 amide bonds. The fraction of sp³-hybridized carbons (Fsp3) is 0.462. The van der Waals surface area contributed by atoms with Gasteiger partial charge in [0.25, 0.3) is 0 Å². The van der Waals surface area contributed by atoms with Crippen molar-refractivity contribution in [1.82, 2.24) is 5.32 Å². The number of ether oxygens (including phenoxy) is 1. The molecule has 0 aliphatic carbocycles. The molecule has 0 heterocycles. The molecule has 0 saturated heterocycles. The van der Waals surface area contributed by atoms with E-state index in [1.165, 1.54) is 32.2 Å². The molecule has 0 aliphatic rings. The minimum Gasteiger partial charge on any atom is -0.496 e. The quantitative estimate of drug-likeness (QED) is 0.332. The van der Waals surface area contributed by atoms with E-state index < -0.39 is 17.3 Å². The monoisotopic (exact) mass is 296 g/mol. The van der Waals surface area contributed by atoms with Crippen LogP contribution in [0.15, 0.2) is 23.3 Å². The minimum absolute atomic E-state index is 0.0659. The topological polar surface area (TPSA) is 107 Å². The molecule has 1 rings (SSSR count). The number of azide groups is 1. The Morgan fingerprint density at radius 3 is 2.90 bits per heavy atom. The number of methoxy groups -OCH3 is 1. The first-order valence-electron chi connectivity index (χ1n) is 6.29. The van der Waals surface area contributed by atoms with Gasteiger partial charge in [-0.3, -0.25) is 5.32 Å². The third-order valence-corrected chi connectivity index (χ3v) is 3.10. The fourth-order valence-electron chi connectivity index (χ4n) is 1.96. The number of rotatable bonds is 8. The molecule has 21 heavy (non-hydrogen) atoms. The molecule has 0 spiro atoms. The van der Waals surface area contributed by atoms with E-state index in [4.69, 9.17) is 10.3 Å². The number of hydrogen-bond donors (Lipinski definition) is 2. The molecule has 0 radical (unpaired) electrons. The third-order valence-electron chi connectivity index (χ3n) is 3.10. The second kappa shape index (κ2) is 7.47. The summed E-state index contributed by atoms with van der Waals surface area (Å²) in [6.07, 6.45) is 0.434. The van der Waals surface area contributed by atoms with Crippen molar-refractivity contribution < 1.29 is 19.0 Å². The smallest absolute Gasteiger partial charge is 0.328 e. The van der Waals surface area contributed by atoms with Crippen molar-refractivity contribution in [2.75, 3.05) is 20.2 Å². The number of nitrogens with one attached hydrogen (secondary N) is 1. The van der Waals surface area contributed by atoms with Gasteiger partial charge in [0, 0.05) is 11.5 Å². The number of nitrogens with zero attached hydrogens (tertiary/aromatic N) is 3. The lowest BCUT2D eigenvalue weighted by Gasteiger charge is -2.28. The van der Waals surface area contributed by atoms with E-state index in [0.717, 1.165) is 0 Å². The summed E-state index contributed by atoms with van der Waals surface area (Å²) in [7, 11) is 1.35. The van der Waals surface area contributed by atoms with Crippen LogP contribution in [0, 0.1) is 5.82 Å². The van der Waals surface area contributed by atoms with Crippen LogP contribution in [0.4, 0.5) is 4.39 Å². The van der Waals surface area contributed by atoms with Crippen LogP contribution in [-0.4, -0.2) is 31.3 Å². The Balaban J connectivity index is 3.05. The Morgan fingerprint density at radius 2 is 2.33 bits per heavy atom. The first-order valence-corrected chi connectivity index (χ1v) is 6.29. The molecule has 1 unspecified atom stereocenters. The molecule has 0 aliphatic heterocycles. The zero-order valence-corrected chi connectivity index (χ0v) is 11.8. The highest BCUT2D eigenvalue weighted by molar-refractivity contribution is 5.81. The third kappa shape index (κ3) is 3.84. The minimum atomic E-state index is -1.65. The number of aliphatic carboxylic acids is 1. The number of carbonyl (C=O) groups is 1. The predicted octanol–water partition coefficient (Wildman–Crippen LogP) is 2.42. The van der Waals surface area contributed by atoms with Gasteiger partial charge in [0.15, 0.2) is 0 Å². The number of carboxylic acids is 1. The van der Waals surface area contributed by atoms with Gasteiger partial charge in [-0.15, -0.1) is 0 Å². The summed E-state index contributed by atoms with van der Waals surface area (Å²) in [5, 5.41) is 15.6. The van der Waals surface area contributed by atoms with Crippen LogP contribution < -0.4 is 10.1 Å². The summed E-state index contributed by atoms with van der Waals surface area (Å²) in [6.45, 7) is 1.84. The van der Waals surface area contributed by atoms with Crippen LogP contribution in [0.2, 0.25) is 0 Å². The SMILES string of the molecule is COc1cccc(F)c1C(C)(NCCCN=[N+]=[N-])C(=O)O. The summed E-state index contributed by atoms with van der Waals surface area (Å²) in [4.78, 5) is 14.2. The van der Waals surface area contributed by atoms with Crippen LogP contribution in [0.1, 0.15) is 18.9 Å². The Morgan fingerprint density at radius 1 is 1.62 bits per heavy atom. The zero-order valence-electron chi connectivity index (χ0n) is 11.8. The first kappa shape index (κ1) is 16.7. The van der Waals surface area contributed by atoms with Gasteiger partial charge in [-0.25, -0.2) is 9.18 Å². The van der Waals surface area contributed by atoms with E-state index in [-0.39, 0.29) is 24.4 Å². The van der Waals surface area contributed by atoms with Gasteiger partial charge in [0.1, 0.15) is 17.1 Å². The molecule has 114 valence electrons. The normalized spacial score (nSPS) is 13.1. The molecule has 1 aromatic carbocycles. The molecular formula is C13H17FN4O3. The van der Waals surface area contributed by atoms with Crippen molar-refractivity contribution in [2.24, 2.45) is 5.11 Å². The largest absolute Gasteiger partial charge is 0.496 e. The molecule has 1 atom stereocenters. The summed E-state index contributed by atoms with van der Waals surface area (Å²) < 4.78 is 19.1. The van der Waals surface area contributed by atoms with Crippen molar-refractivity contribution in [3.05, 3.63) is 40.0 Å². The molecule has 2 N–H and O–H groups in total. The van der Waals surface area contributed by atoms with Gasteiger partial charge >= 0.3 is 5.97 Å². The number of halogens is 1. The molecule has 0 fully saturated rings. The van der Waals surface area contributed by atoms with E-state index in [9.17, 15) is 14.3 Å². The number of carboxylic acid groups (broad SMARTS) is 1. The zero-order chi connectivity index (χ0) is 15.9. The van der Waals surface area contributed by atoms with E-state index in [1.807, 2.05) is 0 Å². The lowest BCUT2D eigenvalue weighted by Crippen LogP contribution is -2.48. The van der Waals surface area contributed by atoms with E-state index in [0.29, 0.717) is 6.42 Å². The van der Waals surface area contributed by atoms with Gasteiger partial charge in [-0.05, 0) is 37.6 Å². The van der Waals surface area contributed by atoms with Gasteiger partial charge in [-0.2, -0.15) is 0 Å². The Hall–Kier alpha value is -2.31. The summed E-state index contributed by atoms with van der Waals surface area (Å²) in [6, 6.07) is 4.13. The van der Waals surface area contributed by atoms with E-state index in [2.05, 4.69) is 15.3 Å². The lowest BCUT2D eigenvalue weighted by molar-refractivity contribution is -0.144. The van der Waals surface area contributed by atoms with Crippen LogP contribution in [0.3, 0.4) is 0 Å². The summed E-state index contributed by atoms with van der Waals surface area (Å²) >= 11 is 0. The average Bonchev–Trinajstić information content (AvgIpc) is 2.46. The number of benzene rings is 1. The second-order valence-corrected chi connectivity index (χ2v) is 4.48. The van der Waals surface area contributed by atoms with E-state index >= 15 is 0 Å². The van der Waals surface area contributed by atoms with Crippen LogP contribution in [-0.2, 0) is 10.3 Å². The maximum atomic E-state index is 14.1. The summed E-state index contributed by atoms with van der Waals surface area (Å²) in [5.41, 5.74) is 6.46. The maximum Gasteiger partial charge on any atom is 0.328 e. The standard InChI is InChI=1S/C13H17FN4O3/c1-13(12(19)20,16-7-4-8-17-18-15)11-9(14)5-3-6-10(11)21-2/h3,5-6,16H,4,7-8H2,1-2H3,(H,19,20). The molecule has 0 saturated carbocycles. The molecule has 7 nitrogen and oxygen atoms in total. The number of hydrogen-bond acceptors (Lipinski definition) is 4.